The number of carboxylic acid groups (broad SMARTS) is 1. The lowest BCUT2D eigenvalue weighted by Crippen LogP contribution is -2.31. The van der Waals surface area contributed by atoms with Crippen molar-refractivity contribution in [2.24, 2.45) is 5.41 Å². The van der Waals surface area contributed by atoms with Crippen LogP contribution in [0.1, 0.15) is 13.8 Å². The van der Waals surface area contributed by atoms with Gasteiger partial charge in [0, 0.05) is 6.54 Å². The molecule has 13 heavy (non-hydrogen) atoms. The molecule has 1 aromatic rings. The van der Waals surface area contributed by atoms with Crippen LogP contribution in [0.25, 0.3) is 0 Å². The van der Waals surface area contributed by atoms with Gasteiger partial charge in [0.1, 0.15) is 0 Å². The molecular weight excluding hydrogens is 186 g/mol. The molecule has 0 bridgehead atoms. The maximum absolute atomic E-state index is 10.7. The average Bonchev–Trinajstić information content (AvgIpc) is 2.52. The SMILES string of the molecule is CC(C)(CNc1cccs1)C(=O)O. The molecule has 0 amide bonds. The zero-order valence-electron chi connectivity index (χ0n) is 7.70. The molecule has 2 N–H and O–H groups in total. The minimum atomic E-state index is -0.781. The van der Waals surface area contributed by atoms with E-state index in [0.717, 1.165) is 5.00 Å². The Hall–Kier alpha value is -1.03. The summed E-state index contributed by atoms with van der Waals surface area (Å²) in [5, 5.41) is 14.9. The van der Waals surface area contributed by atoms with Crippen LogP contribution in [0.15, 0.2) is 17.5 Å². The summed E-state index contributed by atoms with van der Waals surface area (Å²) in [5.41, 5.74) is -0.718. The van der Waals surface area contributed by atoms with Crippen LogP contribution in [-0.2, 0) is 4.79 Å². The Morgan fingerprint density at radius 2 is 2.38 bits per heavy atom. The fourth-order valence-corrected chi connectivity index (χ4v) is 1.38. The molecule has 1 heterocycles. The minimum absolute atomic E-state index is 0.447. The fraction of sp³-hybridized carbons (Fsp3) is 0.444. The Bertz CT molecular complexity index is 280. The molecule has 0 aliphatic heterocycles. The molecule has 0 radical (unpaired) electrons. The number of hydrogen-bond acceptors (Lipinski definition) is 3. The number of aliphatic carboxylic acids is 1. The second-order valence-corrected chi connectivity index (χ2v) is 4.47. The standard InChI is InChI=1S/C9H13NO2S/c1-9(2,8(11)12)6-10-7-4-3-5-13-7/h3-5,10H,6H2,1-2H3,(H,11,12). The summed E-state index contributed by atoms with van der Waals surface area (Å²) in [6.45, 7) is 3.86. The third-order valence-corrected chi connectivity index (χ3v) is 2.63. The maximum atomic E-state index is 10.7. The number of carbonyl (C=O) groups is 1. The minimum Gasteiger partial charge on any atom is -0.481 e. The summed E-state index contributed by atoms with van der Waals surface area (Å²) in [4.78, 5) is 10.7. The number of carboxylic acids is 1. The van der Waals surface area contributed by atoms with E-state index in [2.05, 4.69) is 5.32 Å². The molecule has 0 saturated carbocycles. The maximum Gasteiger partial charge on any atom is 0.310 e. The molecule has 0 aliphatic carbocycles. The summed E-state index contributed by atoms with van der Waals surface area (Å²) in [5.74, 6) is -0.781. The van der Waals surface area contributed by atoms with E-state index in [1.165, 1.54) is 0 Å². The lowest BCUT2D eigenvalue weighted by molar-refractivity contribution is -0.146. The normalized spacial score (nSPS) is 11.2. The Labute approximate surface area is 81.4 Å². The molecule has 1 rings (SSSR count). The second kappa shape index (κ2) is 3.79. The first-order valence-corrected chi connectivity index (χ1v) is 4.91. The summed E-state index contributed by atoms with van der Waals surface area (Å²) in [7, 11) is 0. The van der Waals surface area contributed by atoms with Gasteiger partial charge in [-0.1, -0.05) is 0 Å². The van der Waals surface area contributed by atoms with Gasteiger partial charge in [-0.3, -0.25) is 4.79 Å². The lowest BCUT2D eigenvalue weighted by Gasteiger charge is -2.19. The van der Waals surface area contributed by atoms with Crippen molar-refractivity contribution in [2.75, 3.05) is 11.9 Å². The first-order chi connectivity index (χ1) is 6.02. The number of rotatable bonds is 4. The van der Waals surface area contributed by atoms with E-state index in [4.69, 9.17) is 5.11 Å². The number of hydrogen-bond donors (Lipinski definition) is 2. The molecule has 0 aromatic carbocycles. The number of anilines is 1. The zero-order valence-corrected chi connectivity index (χ0v) is 8.52. The van der Waals surface area contributed by atoms with Crippen LogP contribution in [0.3, 0.4) is 0 Å². The quantitative estimate of drug-likeness (QED) is 0.782. The summed E-state index contributed by atoms with van der Waals surface area (Å²) < 4.78 is 0. The van der Waals surface area contributed by atoms with E-state index >= 15 is 0 Å². The molecule has 1 aromatic heterocycles. The Morgan fingerprint density at radius 3 is 2.85 bits per heavy atom. The van der Waals surface area contributed by atoms with Gasteiger partial charge in [-0.2, -0.15) is 0 Å². The molecule has 0 unspecified atom stereocenters. The van der Waals surface area contributed by atoms with Crippen molar-refractivity contribution in [1.82, 2.24) is 0 Å². The molecule has 0 aliphatic rings. The van der Waals surface area contributed by atoms with Gasteiger partial charge in [-0.25, -0.2) is 0 Å². The van der Waals surface area contributed by atoms with E-state index in [1.807, 2.05) is 17.5 Å². The Morgan fingerprint density at radius 1 is 1.69 bits per heavy atom. The lowest BCUT2D eigenvalue weighted by atomic mass is 9.94. The van der Waals surface area contributed by atoms with Crippen LogP contribution in [0.4, 0.5) is 5.00 Å². The molecule has 3 nitrogen and oxygen atoms in total. The van der Waals surface area contributed by atoms with Crippen molar-refractivity contribution in [3.63, 3.8) is 0 Å². The van der Waals surface area contributed by atoms with Crippen molar-refractivity contribution in [3.05, 3.63) is 17.5 Å². The van der Waals surface area contributed by atoms with E-state index in [0.29, 0.717) is 6.54 Å². The molecule has 0 fully saturated rings. The van der Waals surface area contributed by atoms with Gasteiger partial charge < -0.3 is 10.4 Å². The van der Waals surface area contributed by atoms with E-state index < -0.39 is 11.4 Å². The molecule has 72 valence electrons. The van der Waals surface area contributed by atoms with Crippen LogP contribution < -0.4 is 5.32 Å². The number of thiophene rings is 1. The van der Waals surface area contributed by atoms with Gasteiger partial charge in [-0.15, -0.1) is 11.3 Å². The zero-order chi connectivity index (χ0) is 9.90. The van der Waals surface area contributed by atoms with Gasteiger partial charge in [0.05, 0.1) is 10.4 Å². The van der Waals surface area contributed by atoms with Crippen LogP contribution in [-0.4, -0.2) is 17.6 Å². The highest BCUT2D eigenvalue weighted by molar-refractivity contribution is 7.14. The molecule has 4 heteroatoms. The topological polar surface area (TPSA) is 49.3 Å². The Kier molecular flexibility index (Phi) is 2.93. The van der Waals surface area contributed by atoms with Crippen LogP contribution in [0, 0.1) is 5.41 Å². The molecule has 0 saturated heterocycles. The summed E-state index contributed by atoms with van der Waals surface area (Å²) in [6.07, 6.45) is 0. The monoisotopic (exact) mass is 199 g/mol. The molecule has 0 spiro atoms. The number of nitrogens with one attached hydrogen (secondary N) is 1. The molecular formula is C9H13NO2S. The van der Waals surface area contributed by atoms with Gasteiger partial charge in [0.25, 0.3) is 0 Å². The van der Waals surface area contributed by atoms with E-state index in [1.54, 1.807) is 25.2 Å². The van der Waals surface area contributed by atoms with Crippen LogP contribution in [0.5, 0.6) is 0 Å². The third kappa shape index (κ3) is 2.73. The van der Waals surface area contributed by atoms with Crippen molar-refractivity contribution in [2.45, 2.75) is 13.8 Å². The van der Waals surface area contributed by atoms with Crippen LogP contribution in [0.2, 0.25) is 0 Å². The van der Waals surface area contributed by atoms with Gasteiger partial charge in [0.15, 0.2) is 0 Å². The summed E-state index contributed by atoms with van der Waals surface area (Å²) in [6, 6.07) is 3.86. The average molecular weight is 199 g/mol. The predicted octanol–water partition coefficient (Wildman–Crippen LogP) is 2.27. The van der Waals surface area contributed by atoms with Gasteiger partial charge >= 0.3 is 5.97 Å². The third-order valence-electron chi connectivity index (χ3n) is 1.80. The van der Waals surface area contributed by atoms with E-state index in [9.17, 15) is 4.79 Å². The smallest absolute Gasteiger partial charge is 0.310 e. The Balaban J connectivity index is 2.47. The van der Waals surface area contributed by atoms with E-state index in [-0.39, 0.29) is 0 Å². The summed E-state index contributed by atoms with van der Waals surface area (Å²) >= 11 is 1.57. The second-order valence-electron chi connectivity index (χ2n) is 3.52. The molecule has 0 atom stereocenters. The van der Waals surface area contributed by atoms with Crippen molar-refractivity contribution in [3.8, 4) is 0 Å². The first-order valence-electron chi connectivity index (χ1n) is 4.03. The van der Waals surface area contributed by atoms with Gasteiger partial charge in [-0.05, 0) is 31.4 Å². The highest BCUT2D eigenvalue weighted by Crippen LogP contribution is 2.20. The van der Waals surface area contributed by atoms with Crippen molar-refractivity contribution >= 4 is 22.3 Å². The fourth-order valence-electron chi connectivity index (χ4n) is 0.763. The first kappa shape index (κ1) is 10.1. The largest absolute Gasteiger partial charge is 0.481 e. The highest BCUT2D eigenvalue weighted by Gasteiger charge is 2.26. The van der Waals surface area contributed by atoms with Gasteiger partial charge in [0.2, 0.25) is 0 Å². The van der Waals surface area contributed by atoms with Crippen molar-refractivity contribution in [1.29, 1.82) is 0 Å². The van der Waals surface area contributed by atoms with Crippen molar-refractivity contribution < 1.29 is 9.90 Å². The predicted molar refractivity (Wildman–Crippen MR) is 54.2 cm³/mol. The highest BCUT2D eigenvalue weighted by atomic mass is 32.1. The van der Waals surface area contributed by atoms with Crippen LogP contribution >= 0.6 is 11.3 Å².